The lowest BCUT2D eigenvalue weighted by Gasteiger charge is -2.34. The molecule has 0 spiro atoms. The number of nitrogens with one attached hydrogen (secondary N) is 1. The number of rotatable bonds is 9. The van der Waals surface area contributed by atoms with Crippen LogP contribution in [-0.4, -0.2) is 55.0 Å². The normalized spacial score (nSPS) is 21.9. The summed E-state index contributed by atoms with van der Waals surface area (Å²) in [5.74, 6) is 1.66. The first-order valence-corrected chi connectivity index (χ1v) is 8.73. The molecular weight excluding hydrogens is 266 g/mol. The lowest BCUT2D eigenvalue weighted by molar-refractivity contribution is 0.159. The second-order valence-corrected chi connectivity index (χ2v) is 7.51. The number of piperazine rings is 1. The molecule has 0 saturated carbocycles. The zero-order chi connectivity index (χ0) is 15.0. The zero-order valence-corrected chi connectivity index (χ0v) is 14.8. The van der Waals surface area contributed by atoms with Gasteiger partial charge in [-0.2, -0.15) is 0 Å². The first kappa shape index (κ1) is 18.3. The van der Waals surface area contributed by atoms with Crippen molar-refractivity contribution in [1.82, 2.24) is 14.5 Å². The number of hydrogen-bond acceptors (Lipinski definition) is 4. The molecule has 0 bridgehead atoms. The van der Waals surface area contributed by atoms with Gasteiger partial charge in [-0.15, -0.1) is 0 Å². The molecule has 1 aliphatic rings. The third-order valence-electron chi connectivity index (χ3n) is 4.62. The van der Waals surface area contributed by atoms with Gasteiger partial charge in [0.05, 0.1) is 0 Å². The Morgan fingerprint density at radius 1 is 1.05 bits per heavy atom. The van der Waals surface area contributed by atoms with Crippen LogP contribution in [0.4, 0.5) is 0 Å². The van der Waals surface area contributed by atoms with Crippen molar-refractivity contribution in [2.75, 3.05) is 39.8 Å². The topological polar surface area (TPSA) is 18.5 Å². The molecule has 1 rings (SSSR count). The zero-order valence-electron chi connectivity index (χ0n) is 13.9. The molecule has 1 heterocycles. The highest BCUT2D eigenvalue weighted by molar-refractivity contribution is 7.77. The Hall–Kier alpha value is 0.230. The lowest BCUT2D eigenvalue weighted by atomic mass is 9.91. The summed E-state index contributed by atoms with van der Waals surface area (Å²) in [6, 6.07) is 0.742. The van der Waals surface area contributed by atoms with E-state index in [0.717, 1.165) is 37.5 Å². The highest BCUT2D eigenvalue weighted by atomic mass is 32.1. The Morgan fingerprint density at radius 3 is 2.25 bits per heavy atom. The Bertz CT molecular complexity index is 242. The highest BCUT2D eigenvalue weighted by Crippen LogP contribution is 2.21. The van der Waals surface area contributed by atoms with E-state index in [4.69, 9.17) is 0 Å². The standard InChI is InChI=1S/C16H35N3S/c1-14(7-10-18(4)20)5-6-15(2)13-16(3)19-11-8-17-9-12-19/h14-17,20H,5-13H2,1-4H3/t14-,15?,16?/m1/s1. The van der Waals surface area contributed by atoms with E-state index < -0.39 is 0 Å². The molecule has 0 aromatic heterocycles. The minimum absolute atomic E-state index is 0.742. The Kier molecular flexibility index (Phi) is 9.18. The number of thiol groups is 1. The van der Waals surface area contributed by atoms with Crippen molar-refractivity contribution in [1.29, 1.82) is 0 Å². The van der Waals surface area contributed by atoms with Crippen molar-refractivity contribution in [2.24, 2.45) is 11.8 Å². The summed E-state index contributed by atoms with van der Waals surface area (Å²) in [4.78, 5) is 2.65. The highest BCUT2D eigenvalue weighted by Gasteiger charge is 2.18. The van der Waals surface area contributed by atoms with E-state index in [2.05, 4.69) is 43.8 Å². The van der Waals surface area contributed by atoms with Crippen LogP contribution >= 0.6 is 12.8 Å². The molecule has 1 fully saturated rings. The molecule has 0 aromatic rings. The van der Waals surface area contributed by atoms with E-state index in [1.165, 1.54) is 38.8 Å². The van der Waals surface area contributed by atoms with Crippen LogP contribution < -0.4 is 5.32 Å². The van der Waals surface area contributed by atoms with Crippen LogP contribution in [0, 0.1) is 11.8 Å². The van der Waals surface area contributed by atoms with Crippen molar-refractivity contribution in [3.8, 4) is 0 Å². The maximum Gasteiger partial charge on any atom is 0.0110 e. The summed E-state index contributed by atoms with van der Waals surface area (Å²) < 4.78 is 1.99. The van der Waals surface area contributed by atoms with Gasteiger partial charge in [0.2, 0.25) is 0 Å². The smallest absolute Gasteiger partial charge is 0.0110 e. The first-order valence-electron chi connectivity index (χ1n) is 8.33. The fourth-order valence-corrected chi connectivity index (χ4v) is 3.21. The molecule has 3 atom stereocenters. The van der Waals surface area contributed by atoms with Gasteiger partial charge >= 0.3 is 0 Å². The number of nitrogens with zero attached hydrogens (tertiary/aromatic N) is 2. The van der Waals surface area contributed by atoms with Crippen molar-refractivity contribution in [3.63, 3.8) is 0 Å². The second-order valence-electron chi connectivity index (χ2n) is 6.83. The molecule has 0 radical (unpaired) electrons. The summed E-state index contributed by atoms with van der Waals surface area (Å²) in [5, 5.41) is 3.43. The average Bonchev–Trinajstić information content (AvgIpc) is 2.43. The van der Waals surface area contributed by atoms with E-state index in [1.807, 2.05) is 11.4 Å². The van der Waals surface area contributed by atoms with Crippen molar-refractivity contribution >= 4 is 12.8 Å². The van der Waals surface area contributed by atoms with Crippen LogP contribution in [0.1, 0.15) is 46.5 Å². The van der Waals surface area contributed by atoms with E-state index >= 15 is 0 Å². The van der Waals surface area contributed by atoms with Crippen LogP contribution in [0.3, 0.4) is 0 Å². The van der Waals surface area contributed by atoms with Gasteiger partial charge in [0.1, 0.15) is 0 Å². The number of hydrogen-bond donors (Lipinski definition) is 2. The fraction of sp³-hybridized carbons (Fsp3) is 1.00. The maximum atomic E-state index is 4.31. The van der Waals surface area contributed by atoms with Crippen LogP contribution in [0.15, 0.2) is 0 Å². The molecular formula is C16H35N3S. The first-order chi connectivity index (χ1) is 9.49. The molecule has 3 nitrogen and oxygen atoms in total. The molecule has 0 aliphatic carbocycles. The van der Waals surface area contributed by atoms with Crippen molar-refractivity contribution in [2.45, 2.75) is 52.5 Å². The lowest BCUT2D eigenvalue weighted by Crippen LogP contribution is -2.47. The summed E-state index contributed by atoms with van der Waals surface area (Å²) in [7, 11) is 2.04. The largest absolute Gasteiger partial charge is 0.314 e. The fourth-order valence-electron chi connectivity index (χ4n) is 3.09. The van der Waals surface area contributed by atoms with Gasteiger partial charge in [0.25, 0.3) is 0 Å². The van der Waals surface area contributed by atoms with E-state index in [1.54, 1.807) is 0 Å². The van der Waals surface area contributed by atoms with Gasteiger partial charge in [0, 0.05) is 38.8 Å². The van der Waals surface area contributed by atoms with E-state index in [9.17, 15) is 0 Å². The van der Waals surface area contributed by atoms with Gasteiger partial charge in [0.15, 0.2) is 0 Å². The van der Waals surface area contributed by atoms with Crippen LogP contribution in [0.2, 0.25) is 0 Å². The maximum absolute atomic E-state index is 4.31. The quantitative estimate of drug-likeness (QED) is 0.639. The third-order valence-corrected chi connectivity index (χ3v) is 4.82. The molecule has 1 N–H and O–H groups in total. The van der Waals surface area contributed by atoms with Gasteiger partial charge in [-0.05, 0) is 38.6 Å². The average molecular weight is 302 g/mol. The minimum Gasteiger partial charge on any atom is -0.314 e. The predicted molar refractivity (Wildman–Crippen MR) is 92.3 cm³/mol. The van der Waals surface area contributed by atoms with Gasteiger partial charge < -0.3 is 5.32 Å². The predicted octanol–water partition coefficient (Wildman–Crippen LogP) is 2.89. The summed E-state index contributed by atoms with van der Waals surface area (Å²) in [6.07, 6.45) is 5.34. The monoisotopic (exact) mass is 301 g/mol. The van der Waals surface area contributed by atoms with Crippen LogP contribution in [0.25, 0.3) is 0 Å². The molecule has 120 valence electrons. The SMILES string of the molecule is CC(CC[C@@H](C)CCN(C)S)CC(C)N1CCNCC1. The molecule has 0 aromatic carbocycles. The van der Waals surface area contributed by atoms with Crippen LogP contribution in [-0.2, 0) is 0 Å². The summed E-state index contributed by atoms with van der Waals surface area (Å²) in [5.41, 5.74) is 0. The molecule has 20 heavy (non-hydrogen) atoms. The third kappa shape index (κ3) is 7.87. The van der Waals surface area contributed by atoms with Crippen molar-refractivity contribution < 1.29 is 0 Å². The molecule has 0 amide bonds. The Morgan fingerprint density at radius 2 is 1.65 bits per heavy atom. The molecule has 4 heteroatoms. The summed E-state index contributed by atoms with van der Waals surface area (Å²) in [6.45, 7) is 13.1. The second kappa shape index (κ2) is 10.0. The van der Waals surface area contributed by atoms with Gasteiger partial charge in [-0.1, -0.05) is 39.5 Å². The minimum atomic E-state index is 0.742. The van der Waals surface area contributed by atoms with Crippen molar-refractivity contribution in [3.05, 3.63) is 0 Å². The van der Waals surface area contributed by atoms with Gasteiger partial charge in [-0.3, -0.25) is 9.21 Å². The molecule has 1 aliphatic heterocycles. The Balaban J connectivity index is 2.13. The molecule has 1 saturated heterocycles. The Labute approximate surface area is 132 Å². The van der Waals surface area contributed by atoms with Gasteiger partial charge in [-0.25, -0.2) is 0 Å². The van der Waals surface area contributed by atoms with E-state index in [0.29, 0.717) is 0 Å². The molecule has 2 unspecified atom stereocenters. The van der Waals surface area contributed by atoms with E-state index in [-0.39, 0.29) is 0 Å². The van der Waals surface area contributed by atoms with Crippen LogP contribution in [0.5, 0.6) is 0 Å². The summed E-state index contributed by atoms with van der Waals surface area (Å²) >= 11 is 4.31.